The first-order valence-electron chi connectivity index (χ1n) is 7.34. The molecule has 1 aromatic rings. The molecule has 5 heteroatoms. The van der Waals surface area contributed by atoms with Crippen molar-refractivity contribution in [1.82, 2.24) is 5.32 Å². The van der Waals surface area contributed by atoms with Crippen LogP contribution in [-0.4, -0.2) is 23.2 Å². The monoisotopic (exact) mass is 320 g/mol. The minimum absolute atomic E-state index is 0.0143. The fourth-order valence-corrected chi connectivity index (χ4v) is 3.29. The highest BCUT2D eigenvalue weighted by molar-refractivity contribution is 6.30. The minimum Gasteiger partial charge on any atom is -0.480 e. The van der Waals surface area contributed by atoms with Crippen LogP contribution in [-0.2, 0) is 10.2 Å². The Labute approximate surface area is 136 Å². The predicted molar refractivity (Wildman–Crippen MR) is 85.8 cm³/mol. The van der Waals surface area contributed by atoms with Crippen molar-refractivity contribution in [2.75, 3.05) is 0 Å². The average Bonchev–Trinajstić information content (AvgIpc) is 2.77. The molecule has 0 bridgehead atoms. The first-order valence-corrected chi connectivity index (χ1v) is 7.72. The highest BCUT2D eigenvalue weighted by Gasteiger charge is 2.51. The van der Waals surface area contributed by atoms with Crippen LogP contribution in [0.3, 0.4) is 0 Å². The average molecular weight is 321 g/mol. The van der Waals surface area contributed by atoms with E-state index in [2.05, 4.69) is 32.2 Å². The molecule has 1 fully saturated rings. The lowest BCUT2D eigenvalue weighted by molar-refractivity contribution is -0.139. The van der Waals surface area contributed by atoms with Crippen LogP contribution in [0.4, 0.5) is 0 Å². The number of hydrogen-bond donors (Lipinski definition) is 2. The van der Waals surface area contributed by atoms with E-state index in [1.54, 1.807) is 12.1 Å². The van der Waals surface area contributed by atoms with Crippen molar-refractivity contribution in [2.24, 2.45) is 5.41 Å². The molecule has 2 rings (SSSR count). The van der Waals surface area contributed by atoms with Crippen molar-refractivity contribution in [1.29, 1.82) is 5.26 Å². The van der Waals surface area contributed by atoms with Crippen molar-refractivity contribution >= 4 is 17.6 Å². The van der Waals surface area contributed by atoms with Gasteiger partial charge in [-0.15, -0.1) is 0 Å². The standard InChI is InChI=1S/C17H21ClN2O2/c1-16(2,3)9-14-17(10-19,8-13(20-14)15(21)22)11-4-6-12(18)7-5-11/h4-7,13-14,20H,8-9H2,1-3H3,(H,21,22). The molecule has 1 saturated heterocycles. The first-order chi connectivity index (χ1) is 10.2. The molecular formula is C17H21ClN2O2. The molecule has 4 nitrogen and oxygen atoms in total. The molecule has 1 aliphatic rings. The van der Waals surface area contributed by atoms with Crippen LogP contribution >= 0.6 is 11.6 Å². The van der Waals surface area contributed by atoms with Gasteiger partial charge in [0.15, 0.2) is 0 Å². The molecule has 118 valence electrons. The fourth-order valence-electron chi connectivity index (χ4n) is 3.17. The lowest BCUT2D eigenvalue weighted by Crippen LogP contribution is -2.43. The Morgan fingerprint density at radius 2 is 2.05 bits per heavy atom. The van der Waals surface area contributed by atoms with Crippen LogP contribution in [0.25, 0.3) is 0 Å². The molecule has 22 heavy (non-hydrogen) atoms. The summed E-state index contributed by atoms with van der Waals surface area (Å²) in [6.45, 7) is 6.27. The predicted octanol–water partition coefficient (Wildman–Crippen LogP) is 3.35. The summed E-state index contributed by atoms with van der Waals surface area (Å²) >= 11 is 5.94. The van der Waals surface area contributed by atoms with E-state index in [0.29, 0.717) is 11.4 Å². The Bertz CT molecular complexity index is 601. The molecule has 2 N–H and O–H groups in total. The Hall–Kier alpha value is -1.57. The van der Waals surface area contributed by atoms with Crippen molar-refractivity contribution in [3.8, 4) is 6.07 Å². The smallest absolute Gasteiger partial charge is 0.320 e. The molecule has 0 radical (unpaired) electrons. The summed E-state index contributed by atoms with van der Waals surface area (Å²) in [6, 6.07) is 8.64. The maximum absolute atomic E-state index is 11.4. The van der Waals surface area contributed by atoms with Gasteiger partial charge in [-0.2, -0.15) is 5.26 Å². The van der Waals surface area contributed by atoms with E-state index < -0.39 is 17.4 Å². The largest absolute Gasteiger partial charge is 0.480 e. The third-order valence-electron chi connectivity index (χ3n) is 4.20. The molecular weight excluding hydrogens is 300 g/mol. The zero-order chi connectivity index (χ0) is 16.5. The number of nitrogens with zero attached hydrogens (tertiary/aromatic N) is 1. The number of nitrogens with one attached hydrogen (secondary N) is 1. The molecule has 1 aliphatic heterocycles. The summed E-state index contributed by atoms with van der Waals surface area (Å²) in [6.07, 6.45) is 0.980. The van der Waals surface area contributed by atoms with Crippen LogP contribution in [0, 0.1) is 16.7 Å². The number of carboxylic acids is 1. The number of halogens is 1. The number of carboxylic acid groups (broad SMARTS) is 1. The van der Waals surface area contributed by atoms with E-state index >= 15 is 0 Å². The van der Waals surface area contributed by atoms with Crippen molar-refractivity contribution in [3.05, 3.63) is 34.9 Å². The first kappa shape index (κ1) is 16.8. The zero-order valence-corrected chi connectivity index (χ0v) is 13.8. The van der Waals surface area contributed by atoms with Crippen LogP contribution < -0.4 is 5.32 Å². The van der Waals surface area contributed by atoms with E-state index in [-0.39, 0.29) is 17.9 Å². The van der Waals surface area contributed by atoms with Crippen LogP contribution in [0.1, 0.15) is 39.2 Å². The third kappa shape index (κ3) is 3.26. The molecule has 0 saturated carbocycles. The van der Waals surface area contributed by atoms with Crippen LogP contribution in [0.15, 0.2) is 24.3 Å². The number of hydrogen-bond acceptors (Lipinski definition) is 3. The number of benzene rings is 1. The molecule has 0 spiro atoms. The normalized spacial score (nSPS) is 28.3. The maximum Gasteiger partial charge on any atom is 0.320 e. The Balaban J connectivity index is 2.46. The summed E-state index contributed by atoms with van der Waals surface area (Å²) in [4.78, 5) is 11.4. The summed E-state index contributed by atoms with van der Waals surface area (Å²) in [5.74, 6) is -0.912. The quantitative estimate of drug-likeness (QED) is 0.895. The van der Waals surface area contributed by atoms with E-state index in [1.807, 2.05) is 12.1 Å². The second-order valence-corrected chi connectivity index (χ2v) is 7.61. The van der Waals surface area contributed by atoms with Gasteiger partial charge < -0.3 is 5.11 Å². The lowest BCUT2D eigenvalue weighted by Gasteiger charge is -2.33. The second-order valence-electron chi connectivity index (χ2n) is 7.17. The van der Waals surface area contributed by atoms with E-state index in [1.165, 1.54) is 0 Å². The highest BCUT2D eigenvalue weighted by atomic mass is 35.5. The molecule has 0 aromatic heterocycles. The lowest BCUT2D eigenvalue weighted by atomic mass is 9.70. The van der Waals surface area contributed by atoms with Gasteiger partial charge in [0.1, 0.15) is 6.04 Å². The van der Waals surface area contributed by atoms with Gasteiger partial charge in [-0.1, -0.05) is 44.5 Å². The van der Waals surface area contributed by atoms with Crippen molar-refractivity contribution in [2.45, 2.75) is 51.1 Å². The van der Waals surface area contributed by atoms with Gasteiger partial charge in [-0.05, 0) is 36.0 Å². The van der Waals surface area contributed by atoms with Gasteiger partial charge in [0.25, 0.3) is 0 Å². The number of rotatable bonds is 3. The summed E-state index contributed by atoms with van der Waals surface area (Å²) in [5, 5.41) is 23.0. The summed E-state index contributed by atoms with van der Waals surface area (Å²) < 4.78 is 0. The van der Waals surface area contributed by atoms with Crippen molar-refractivity contribution in [3.63, 3.8) is 0 Å². The molecule has 0 amide bonds. The highest BCUT2D eigenvalue weighted by Crippen LogP contribution is 2.42. The number of carbonyl (C=O) groups is 1. The molecule has 1 heterocycles. The number of aliphatic carboxylic acids is 1. The molecule has 0 aliphatic carbocycles. The summed E-state index contributed by atoms with van der Waals surface area (Å²) in [7, 11) is 0. The fraction of sp³-hybridized carbons (Fsp3) is 0.529. The van der Waals surface area contributed by atoms with Gasteiger partial charge in [0.2, 0.25) is 0 Å². The van der Waals surface area contributed by atoms with Gasteiger partial charge >= 0.3 is 5.97 Å². The van der Waals surface area contributed by atoms with Crippen LogP contribution in [0.2, 0.25) is 5.02 Å². The Morgan fingerprint density at radius 1 is 1.45 bits per heavy atom. The molecule has 3 unspecified atom stereocenters. The maximum atomic E-state index is 11.4. The topological polar surface area (TPSA) is 73.1 Å². The van der Waals surface area contributed by atoms with Gasteiger partial charge in [-0.3, -0.25) is 10.1 Å². The van der Waals surface area contributed by atoms with Crippen LogP contribution in [0.5, 0.6) is 0 Å². The third-order valence-corrected chi connectivity index (χ3v) is 4.45. The zero-order valence-electron chi connectivity index (χ0n) is 13.1. The molecule has 3 atom stereocenters. The van der Waals surface area contributed by atoms with Gasteiger partial charge in [-0.25, -0.2) is 0 Å². The summed E-state index contributed by atoms with van der Waals surface area (Å²) in [5.41, 5.74) is -0.0366. The SMILES string of the molecule is CC(C)(C)CC1NC(C(=O)O)CC1(C#N)c1ccc(Cl)cc1. The van der Waals surface area contributed by atoms with Crippen molar-refractivity contribution < 1.29 is 9.90 Å². The van der Waals surface area contributed by atoms with Gasteiger partial charge in [0, 0.05) is 11.1 Å². The minimum atomic E-state index is -0.912. The van der Waals surface area contributed by atoms with E-state index in [0.717, 1.165) is 5.56 Å². The Kier molecular flexibility index (Phi) is 4.51. The van der Waals surface area contributed by atoms with E-state index in [9.17, 15) is 15.2 Å². The second kappa shape index (κ2) is 5.91. The molecule has 1 aromatic carbocycles. The Morgan fingerprint density at radius 3 is 2.50 bits per heavy atom. The number of nitriles is 1. The van der Waals surface area contributed by atoms with E-state index in [4.69, 9.17) is 11.6 Å². The van der Waals surface area contributed by atoms with Gasteiger partial charge in [0.05, 0.1) is 11.5 Å².